The van der Waals surface area contributed by atoms with Gasteiger partial charge in [0.25, 0.3) is 0 Å². The molecule has 158 valence electrons. The van der Waals surface area contributed by atoms with E-state index < -0.39 is 0 Å². The first-order chi connectivity index (χ1) is 15.0. The number of urea groups is 1. The Labute approximate surface area is 182 Å². The molecule has 2 heterocycles. The van der Waals surface area contributed by atoms with E-state index in [1.807, 2.05) is 30.3 Å². The molecular weight excluding hydrogens is 386 g/mol. The number of aliphatic imine (C=N–C) groups is 1. The Morgan fingerprint density at radius 2 is 1.94 bits per heavy atom. The van der Waals surface area contributed by atoms with Crippen molar-refractivity contribution in [2.75, 3.05) is 11.9 Å². The van der Waals surface area contributed by atoms with Crippen LogP contribution < -0.4 is 10.6 Å². The van der Waals surface area contributed by atoms with E-state index in [0.717, 1.165) is 34.3 Å². The molecule has 6 heteroatoms. The number of nitrogens with zero attached hydrogens (tertiary/aromatic N) is 3. The molecule has 3 aromatic rings. The molecule has 0 bridgehead atoms. The van der Waals surface area contributed by atoms with Crippen molar-refractivity contribution in [3.63, 3.8) is 0 Å². The number of amidine groups is 1. The second-order valence-corrected chi connectivity index (χ2v) is 8.06. The average Bonchev–Trinajstić information content (AvgIpc) is 3.22. The van der Waals surface area contributed by atoms with Crippen molar-refractivity contribution in [1.82, 2.24) is 15.3 Å². The monoisotopic (exact) mass is 413 g/mol. The molecule has 0 spiro atoms. The molecule has 0 radical (unpaired) electrons. The third-order valence-electron chi connectivity index (χ3n) is 5.49. The molecule has 31 heavy (non-hydrogen) atoms. The molecular formula is C25H27N5O. The van der Waals surface area contributed by atoms with Gasteiger partial charge in [0, 0.05) is 17.5 Å². The van der Waals surface area contributed by atoms with Crippen molar-refractivity contribution in [2.24, 2.45) is 10.9 Å². The fourth-order valence-electron chi connectivity index (χ4n) is 3.62. The van der Waals surface area contributed by atoms with Crippen molar-refractivity contribution < 1.29 is 4.79 Å². The first-order valence-corrected chi connectivity index (χ1v) is 10.7. The number of hydrogen-bond donors (Lipinski definition) is 2. The molecule has 0 aliphatic carbocycles. The highest BCUT2D eigenvalue weighted by atomic mass is 16.2. The van der Waals surface area contributed by atoms with Gasteiger partial charge in [0.15, 0.2) is 0 Å². The Morgan fingerprint density at radius 1 is 1.06 bits per heavy atom. The molecule has 2 amide bonds. The van der Waals surface area contributed by atoms with Gasteiger partial charge in [0.2, 0.25) is 0 Å². The summed E-state index contributed by atoms with van der Waals surface area (Å²) in [4.78, 5) is 25.7. The number of aromatic nitrogens is 2. The van der Waals surface area contributed by atoms with Crippen LogP contribution in [0.5, 0.6) is 0 Å². The molecule has 0 saturated carbocycles. The number of hydrogen-bond acceptors (Lipinski definition) is 4. The van der Waals surface area contributed by atoms with Gasteiger partial charge in [-0.15, -0.1) is 0 Å². The van der Waals surface area contributed by atoms with E-state index in [2.05, 4.69) is 64.6 Å². The van der Waals surface area contributed by atoms with Crippen LogP contribution in [0.4, 0.5) is 10.5 Å². The molecule has 0 fully saturated rings. The van der Waals surface area contributed by atoms with Gasteiger partial charge < -0.3 is 5.32 Å². The summed E-state index contributed by atoms with van der Waals surface area (Å²) in [6, 6.07) is 13.9. The number of rotatable bonds is 5. The zero-order valence-electron chi connectivity index (χ0n) is 18.1. The van der Waals surface area contributed by atoms with Crippen LogP contribution in [-0.4, -0.2) is 28.4 Å². The van der Waals surface area contributed by atoms with Gasteiger partial charge in [0.05, 0.1) is 17.8 Å². The maximum absolute atomic E-state index is 12.4. The van der Waals surface area contributed by atoms with Gasteiger partial charge in [-0.05, 0) is 53.3 Å². The summed E-state index contributed by atoms with van der Waals surface area (Å²) in [6.07, 6.45) is 5.21. The molecule has 2 aromatic carbocycles. The molecule has 0 unspecified atom stereocenters. The van der Waals surface area contributed by atoms with Crippen LogP contribution in [0, 0.1) is 5.92 Å². The number of anilines is 1. The van der Waals surface area contributed by atoms with Crippen LogP contribution in [0.25, 0.3) is 10.9 Å². The smallest absolute Gasteiger partial charge is 0.308 e. The molecule has 4 rings (SSSR count). The molecule has 1 aromatic heterocycles. The number of carbonyl (C=O) groups excluding carboxylic acids is 1. The summed E-state index contributed by atoms with van der Waals surface area (Å²) in [5, 5.41) is 6.78. The average molecular weight is 414 g/mol. The predicted octanol–water partition coefficient (Wildman–Crippen LogP) is 4.90. The molecule has 1 aliphatic rings. The van der Waals surface area contributed by atoms with E-state index in [0.29, 0.717) is 24.7 Å². The lowest BCUT2D eigenvalue weighted by Crippen LogP contribution is -2.32. The Kier molecular flexibility index (Phi) is 6.07. The van der Waals surface area contributed by atoms with Crippen LogP contribution >= 0.6 is 0 Å². The highest BCUT2D eigenvalue weighted by Crippen LogP contribution is 2.21. The molecule has 0 atom stereocenters. The van der Waals surface area contributed by atoms with Crippen molar-refractivity contribution in [3.8, 4) is 0 Å². The van der Waals surface area contributed by atoms with E-state index in [1.165, 1.54) is 11.1 Å². The molecule has 2 N–H and O–H groups in total. The SMILES string of the molecule is CCc1ccc2c(Cc3cccc(NC(=O)NC4=NCC(C(C)C)=C4)c3)ncnc2c1. The van der Waals surface area contributed by atoms with E-state index in [-0.39, 0.29) is 6.03 Å². The Balaban J connectivity index is 1.46. The largest absolute Gasteiger partial charge is 0.324 e. The fourth-order valence-corrected chi connectivity index (χ4v) is 3.62. The highest BCUT2D eigenvalue weighted by Gasteiger charge is 2.13. The first kappa shape index (κ1) is 20.7. The lowest BCUT2D eigenvalue weighted by molar-refractivity contribution is 0.256. The number of benzene rings is 2. The summed E-state index contributed by atoms with van der Waals surface area (Å²) in [7, 11) is 0. The minimum atomic E-state index is -0.295. The first-order valence-electron chi connectivity index (χ1n) is 10.7. The number of aryl methyl sites for hydroxylation is 1. The van der Waals surface area contributed by atoms with Crippen LogP contribution in [0.1, 0.15) is 37.6 Å². The van der Waals surface area contributed by atoms with Gasteiger partial charge >= 0.3 is 6.03 Å². The minimum absolute atomic E-state index is 0.295. The predicted molar refractivity (Wildman–Crippen MR) is 126 cm³/mol. The number of nitrogens with one attached hydrogen (secondary N) is 2. The van der Waals surface area contributed by atoms with Gasteiger partial charge in [0.1, 0.15) is 12.2 Å². The number of fused-ring (bicyclic) bond motifs is 1. The summed E-state index contributed by atoms with van der Waals surface area (Å²) < 4.78 is 0. The second-order valence-electron chi connectivity index (χ2n) is 8.06. The standard InChI is InChI=1S/C25H27N5O/c1-4-17-8-9-21-22(11-17)27-15-28-23(21)12-18-6-5-7-20(10-18)29-25(31)30-24-13-19(14-26-24)16(2)3/h5-11,13,15-16H,4,12,14H2,1-3H3,(H2,26,29,30,31). The lowest BCUT2D eigenvalue weighted by Gasteiger charge is -2.10. The van der Waals surface area contributed by atoms with E-state index in [1.54, 1.807) is 6.33 Å². The molecule has 0 saturated heterocycles. The minimum Gasteiger partial charge on any atom is -0.308 e. The number of carbonyl (C=O) groups is 1. The quantitative estimate of drug-likeness (QED) is 0.624. The van der Waals surface area contributed by atoms with Crippen LogP contribution in [0.2, 0.25) is 0 Å². The van der Waals surface area contributed by atoms with Crippen LogP contribution in [0.3, 0.4) is 0 Å². The van der Waals surface area contributed by atoms with E-state index >= 15 is 0 Å². The van der Waals surface area contributed by atoms with Gasteiger partial charge in [-0.1, -0.05) is 45.0 Å². The summed E-state index contributed by atoms with van der Waals surface area (Å²) in [6.45, 7) is 7.03. The van der Waals surface area contributed by atoms with Crippen molar-refractivity contribution >= 4 is 28.5 Å². The maximum atomic E-state index is 12.4. The van der Waals surface area contributed by atoms with Gasteiger partial charge in [-0.3, -0.25) is 10.3 Å². The lowest BCUT2D eigenvalue weighted by atomic mass is 10.0. The molecule has 1 aliphatic heterocycles. The normalized spacial score (nSPS) is 13.3. The topological polar surface area (TPSA) is 79.3 Å². The van der Waals surface area contributed by atoms with Crippen molar-refractivity contribution in [3.05, 3.63) is 77.3 Å². The Bertz CT molecular complexity index is 1180. The second kappa shape index (κ2) is 9.08. The molecule has 6 nitrogen and oxygen atoms in total. The van der Waals surface area contributed by atoms with Crippen molar-refractivity contribution in [2.45, 2.75) is 33.6 Å². The number of amides is 2. The Hall–Kier alpha value is -3.54. The highest BCUT2D eigenvalue weighted by molar-refractivity contribution is 6.08. The fraction of sp³-hybridized carbons (Fsp3) is 0.280. The van der Waals surface area contributed by atoms with Gasteiger partial charge in [-0.25, -0.2) is 14.8 Å². The zero-order valence-corrected chi connectivity index (χ0v) is 18.1. The van der Waals surface area contributed by atoms with Crippen molar-refractivity contribution in [1.29, 1.82) is 0 Å². The third kappa shape index (κ3) is 4.97. The third-order valence-corrected chi connectivity index (χ3v) is 5.49. The van der Waals surface area contributed by atoms with Crippen LogP contribution in [-0.2, 0) is 12.8 Å². The summed E-state index contributed by atoms with van der Waals surface area (Å²) in [5.41, 5.74) is 6.22. The van der Waals surface area contributed by atoms with Crippen LogP contribution in [0.15, 0.2) is 65.4 Å². The zero-order chi connectivity index (χ0) is 21.8. The van der Waals surface area contributed by atoms with E-state index in [9.17, 15) is 4.79 Å². The summed E-state index contributed by atoms with van der Waals surface area (Å²) in [5.74, 6) is 1.03. The Morgan fingerprint density at radius 3 is 2.71 bits per heavy atom. The summed E-state index contributed by atoms with van der Waals surface area (Å²) >= 11 is 0. The van der Waals surface area contributed by atoms with E-state index in [4.69, 9.17) is 0 Å². The van der Waals surface area contributed by atoms with Gasteiger partial charge in [-0.2, -0.15) is 0 Å². The maximum Gasteiger partial charge on any atom is 0.324 e.